The highest BCUT2D eigenvalue weighted by molar-refractivity contribution is 5.99. The van der Waals surface area contributed by atoms with Gasteiger partial charge in [-0.05, 0) is 6.92 Å². The first kappa shape index (κ1) is 14.3. The second-order valence-corrected chi connectivity index (χ2v) is 4.70. The molecule has 1 aromatic heterocycles. The van der Waals surface area contributed by atoms with Crippen LogP contribution >= 0.6 is 0 Å². The van der Waals surface area contributed by atoms with E-state index in [0.717, 1.165) is 0 Å². The summed E-state index contributed by atoms with van der Waals surface area (Å²) in [4.78, 5) is 26.0. The number of amides is 2. The van der Waals surface area contributed by atoms with Crippen LogP contribution in [0.25, 0.3) is 0 Å². The minimum absolute atomic E-state index is 0.123. The average molecular weight is 281 g/mol. The molecule has 0 bridgehead atoms. The fourth-order valence-electron chi connectivity index (χ4n) is 2.12. The lowest BCUT2D eigenvalue weighted by atomic mass is 10.2. The van der Waals surface area contributed by atoms with Crippen molar-refractivity contribution in [3.8, 4) is 0 Å². The third-order valence-corrected chi connectivity index (χ3v) is 3.22. The van der Waals surface area contributed by atoms with Gasteiger partial charge in [-0.3, -0.25) is 14.3 Å². The number of ether oxygens (including phenoxy) is 1. The zero-order valence-corrected chi connectivity index (χ0v) is 11.6. The molecule has 1 unspecified atom stereocenters. The van der Waals surface area contributed by atoms with Crippen molar-refractivity contribution in [2.45, 2.75) is 13.0 Å². The van der Waals surface area contributed by atoms with Crippen LogP contribution in [0.5, 0.6) is 0 Å². The van der Waals surface area contributed by atoms with Crippen molar-refractivity contribution < 1.29 is 14.3 Å². The molecule has 1 saturated heterocycles. The van der Waals surface area contributed by atoms with Gasteiger partial charge >= 0.3 is 0 Å². The monoisotopic (exact) mass is 281 g/mol. The lowest BCUT2D eigenvalue weighted by molar-refractivity contribution is -0.136. The summed E-state index contributed by atoms with van der Waals surface area (Å²) >= 11 is 0. The molecule has 8 nitrogen and oxygen atoms in total. The SMILES string of the molecule is CC(NC(=O)c1c(N)cnn1C)C(=O)N1CCOCC1. The van der Waals surface area contributed by atoms with Gasteiger partial charge in [-0.15, -0.1) is 0 Å². The van der Waals surface area contributed by atoms with E-state index in [-0.39, 0.29) is 17.3 Å². The van der Waals surface area contributed by atoms with E-state index in [1.54, 1.807) is 18.9 Å². The van der Waals surface area contributed by atoms with Crippen LogP contribution in [-0.2, 0) is 16.6 Å². The Bertz CT molecular complexity index is 488. The Kier molecular flexibility index (Phi) is 4.23. The fraction of sp³-hybridized carbons (Fsp3) is 0.583. The van der Waals surface area contributed by atoms with E-state index in [2.05, 4.69) is 10.4 Å². The highest BCUT2D eigenvalue weighted by Crippen LogP contribution is 2.09. The molecule has 0 aliphatic carbocycles. The molecular formula is C12H19N5O3. The maximum Gasteiger partial charge on any atom is 0.272 e. The molecule has 0 spiro atoms. The van der Waals surface area contributed by atoms with Gasteiger partial charge in [0.25, 0.3) is 5.91 Å². The number of rotatable bonds is 3. The van der Waals surface area contributed by atoms with E-state index in [9.17, 15) is 9.59 Å². The number of anilines is 1. The molecular weight excluding hydrogens is 262 g/mol. The van der Waals surface area contributed by atoms with E-state index >= 15 is 0 Å². The summed E-state index contributed by atoms with van der Waals surface area (Å²) in [5.41, 5.74) is 6.23. The molecule has 20 heavy (non-hydrogen) atoms. The summed E-state index contributed by atoms with van der Waals surface area (Å²) in [6, 6.07) is -0.616. The number of hydrogen-bond acceptors (Lipinski definition) is 5. The van der Waals surface area contributed by atoms with E-state index in [1.807, 2.05) is 0 Å². The molecule has 2 heterocycles. The van der Waals surface area contributed by atoms with E-state index in [0.29, 0.717) is 26.3 Å². The summed E-state index contributed by atoms with van der Waals surface area (Å²) < 4.78 is 6.58. The molecule has 0 saturated carbocycles. The van der Waals surface area contributed by atoms with Crippen LogP contribution in [0.4, 0.5) is 5.69 Å². The van der Waals surface area contributed by atoms with Gasteiger partial charge in [0.2, 0.25) is 5.91 Å². The minimum atomic E-state index is -0.616. The van der Waals surface area contributed by atoms with Crippen LogP contribution in [0.3, 0.4) is 0 Å². The molecule has 2 amide bonds. The molecule has 1 aliphatic heterocycles. The molecule has 1 fully saturated rings. The Morgan fingerprint density at radius 1 is 1.45 bits per heavy atom. The van der Waals surface area contributed by atoms with Crippen molar-refractivity contribution in [3.05, 3.63) is 11.9 Å². The predicted octanol–water partition coefficient (Wildman–Crippen LogP) is -1.02. The number of nitrogen functional groups attached to an aromatic ring is 1. The zero-order valence-electron chi connectivity index (χ0n) is 11.6. The van der Waals surface area contributed by atoms with Crippen LogP contribution in [-0.4, -0.2) is 58.8 Å². The van der Waals surface area contributed by atoms with Gasteiger partial charge in [0, 0.05) is 20.1 Å². The lowest BCUT2D eigenvalue weighted by Crippen LogP contribution is -2.50. The number of nitrogens with one attached hydrogen (secondary N) is 1. The zero-order chi connectivity index (χ0) is 14.7. The quantitative estimate of drug-likeness (QED) is 0.738. The second kappa shape index (κ2) is 5.91. The first-order chi connectivity index (χ1) is 9.50. The van der Waals surface area contributed by atoms with Crippen LogP contribution in [0.15, 0.2) is 6.20 Å². The summed E-state index contributed by atoms with van der Waals surface area (Å²) in [6.45, 7) is 3.81. The van der Waals surface area contributed by atoms with Crippen molar-refractivity contribution in [1.29, 1.82) is 0 Å². The summed E-state index contributed by atoms with van der Waals surface area (Å²) in [7, 11) is 1.62. The largest absolute Gasteiger partial charge is 0.396 e. The number of nitrogens with two attached hydrogens (primary N) is 1. The van der Waals surface area contributed by atoms with Crippen LogP contribution in [0, 0.1) is 0 Å². The summed E-state index contributed by atoms with van der Waals surface area (Å²) in [6.07, 6.45) is 1.41. The van der Waals surface area contributed by atoms with Gasteiger partial charge in [-0.2, -0.15) is 5.10 Å². The summed E-state index contributed by atoms with van der Waals surface area (Å²) in [5, 5.41) is 6.55. The standard InChI is InChI=1S/C12H19N5O3/c1-8(12(19)17-3-5-20-6-4-17)15-11(18)10-9(13)7-14-16(10)2/h7-8H,3-6,13H2,1-2H3,(H,15,18). The molecule has 0 aromatic carbocycles. The van der Waals surface area contributed by atoms with Crippen LogP contribution in [0.1, 0.15) is 17.4 Å². The second-order valence-electron chi connectivity index (χ2n) is 4.70. The van der Waals surface area contributed by atoms with E-state index in [4.69, 9.17) is 10.5 Å². The molecule has 0 radical (unpaired) electrons. The predicted molar refractivity (Wildman–Crippen MR) is 71.9 cm³/mol. The number of nitrogens with zero attached hydrogens (tertiary/aromatic N) is 3. The first-order valence-electron chi connectivity index (χ1n) is 6.45. The third-order valence-electron chi connectivity index (χ3n) is 3.22. The molecule has 110 valence electrons. The van der Waals surface area contributed by atoms with Gasteiger partial charge < -0.3 is 20.7 Å². The van der Waals surface area contributed by atoms with Crippen molar-refractivity contribution >= 4 is 17.5 Å². The van der Waals surface area contributed by atoms with Crippen molar-refractivity contribution in [2.75, 3.05) is 32.0 Å². The number of morpholine rings is 1. The molecule has 1 aliphatic rings. The third kappa shape index (κ3) is 2.90. The molecule has 3 N–H and O–H groups in total. The van der Waals surface area contributed by atoms with E-state index < -0.39 is 11.9 Å². The van der Waals surface area contributed by atoms with Crippen LogP contribution in [0.2, 0.25) is 0 Å². The molecule has 2 rings (SSSR count). The Balaban J connectivity index is 1.98. The Hall–Kier alpha value is -2.09. The minimum Gasteiger partial charge on any atom is -0.396 e. The fourth-order valence-corrected chi connectivity index (χ4v) is 2.12. The average Bonchev–Trinajstić information content (AvgIpc) is 2.78. The topological polar surface area (TPSA) is 102 Å². The molecule has 8 heteroatoms. The van der Waals surface area contributed by atoms with Crippen LogP contribution < -0.4 is 11.1 Å². The smallest absolute Gasteiger partial charge is 0.272 e. The molecule has 1 aromatic rings. The highest BCUT2D eigenvalue weighted by atomic mass is 16.5. The summed E-state index contributed by atoms with van der Waals surface area (Å²) in [5.74, 6) is -0.529. The van der Waals surface area contributed by atoms with Gasteiger partial charge in [0.05, 0.1) is 25.1 Å². The Labute approximate surface area is 116 Å². The number of hydrogen-bond donors (Lipinski definition) is 2. The van der Waals surface area contributed by atoms with Crippen molar-refractivity contribution in [1.82, 2.24) is 20.0 Å². The Morgan fingerprint density at radius 3 is 2.65 bits per heavy atom. The van der Waals surface area contributed by atoms with Gasteiger partial charge in [-0.25, -0.2) is 0 Å². The maximum absolute atomic E-state index is 12.2. The number of aryl methyl sites for hydroxylation is 1. The highest BCUT2D eigenvalue weighted by Gasteiger charge is 2.25. The van der Waals surface area contributed by atoms with E-state index in [1.165, 1.54) is 10.9 Å². The van der Waals surface area contributed by atoms with Gasteiger partial charge in [-0.1, -0.05) is 0 Å². The normalized spacial score (nSPS) is 16.8. The number of carbonyl (C=O) groups excluding carboxylic acids is 2. The van der Waals surface area contributed by atoms with Gasteiger partial charge in [0.1, 0.15) is 11.7 Å². The first-order valence-corrected chi connectivity index (χ1v) is 6.45. The van der Waals surface area contributed by atoms with Gasteiger partial charge in [0.15, 0.2) is 0 Å². The van der Waals surface area contributed by atoms with Crippen molar-refractivity contribution in [3.63, 3.8) is 0 Å². The number of carbonyl (C=O) groups is 2. The maximum atomic E-state index is 12.2. The Morgan fingerprint density at radius 2 is 2.10 bits per heavy atom. The number of aromatic nitrogens is 2. The molecule has 1 atom stereocenters. The van der Waals surface area contributed by atoms with Crippen molar-refractivity contribution in [2.24, 2.45) is 7.05 Å². The lowest BCUT2D eigenvalue weighted by Gasteiger charge is -2.29.